The van der Waals surface area contributed by atoms with Crippen LogP contribution in [0, 0.1) is 9.39 Å². The molecule has 0 radical (unpaired) electrons. The summed E-state index contributed by atoms with van der Waals surface area (Å²) in [4.78, 5) is 25.5. The molecular formula is C19H19FIN3O5. The lowest BCUT2D eigenvalue weighted by molar-refractivity contribution is 0.0531. The molecule has 0 bridgehead atoms. The van der Waals surface area contributed by atoms with Crippen molar-refractivity contribution in [2.45, 2.75) is 6.10 Å². The number of halogens is 2. The fourth-order valence-corrected chi connectivity index (χ4v) is 3.37. The van der Waals surface area contributed by atoms with Crippen LogP contribution in [0.1, 0.15) is 0 Å². The Morgan fingerprint density at radius 3 is 2.62 bits per heavy atom. The highest BCUT2D eigenvalue weighted by atomic mass is 127. The Labute approximate surface area is 178 Å². The van der Waals surface area contributed by atoms with E-state index in [1.54, 1.807) is 13.1 Å². The number of aryl methyl sites for hydroxylation is 2. The van der Waals surface area contributed by atoms with E-state index in [0.29, 0.717) is 9.22 Å². The largest absolute Gasteiger partial charge is 0.485 e. The molecule has 2 heterocycles. The second-order valence-corrected chi connectivity index (χ2v) is 7.73. The number of aliphatic hydroxyl groups is 2. The normalized spacial score (nSPS) is 12.2. The van der Waals surface area contributed by atoms with E-state index in [-0.39, 0.29) is 34.7 Å². The summed E-state index contributed by atoms with van der Waals surface area (Å²) in [7, 11) is 3.15. The zero-order valence-corrected chi connectivity index (χ0v) is 17.8. The first-order chi connectivity index (χ1) is 13.7. The third-order valence-electron chi connectivity index (χ3n) is 4.35. The summed E-state index contributed by atoms with van der Waals surface area (Å²) in [5, 5.41) is 21.4. The highest BCUT2D eigenvalue weighted by molar-refractivity contribution is 14.1. The van der Waals surface area contributed by atoms with Crippen molar-refractivity contribution in [3.05, 3.63) is 60.4 Å². The molecule has 0 amide bonds. The number of aromatic nitrogens is 2. The Kier molecular flexibility index (Phi) is 6.24. The minimum Gasteiger partial charge on any atom is -0.485 e. The van der Waals surface area contributed by atoms with Crippen molar-refractivity contribution < 1.29 is 19.3 Å². The average Bonchev–Trinajstić information content (AvgIpc) is 2.67. The monoisotopic (exact) mass is 515 g/mol. The van der Waals surface area contributed by atoms with E-state index in [4.69, 9.17) is 9.84 Å². The van der Waals surface area contributed by atoms with Gasteiger partial charge in [0.25, 0.3) is 5.56 Å². The summed E-state index contributed by atoms with van der Waals surface area (Å²) < 4.78 is 23.2. The van der Waals surface area contributed by atoms with Crippen LogP contribution >= 0.6 is 22.6 Å². The number of rotatable bonds is 6. The van der Waals surface area contributed by atoms with Gasteiger partial charge in [-0.05, 0) is 40.8 Å². The summed E-state index contributed by atoms with van der Waals surface area (Å²) in [6, 6.07) is 5.75. The van der Waals surface area contributed by atoms with Gasteiger partial charge in [0, 0.05) is 23.7 Å². The molecule has 10 heteroatoms. The fraction of sp³-hybridized carbons (Fsp3) is 0.263. The maximum atomic E-state index is 14.3. The van der Waals surface area contributed by atoms with Crippen LogP contribution in [-0.2, 0) is 14.1 Å². The van der Waals surface area contributed by atoms with Crippen molar-refractivity contribution in [3.8, 4) is 5.75 Å². The Bertz CT molecular complexity index is 1190. The number of ether oxygens (including phenoxy) is 1. The SMILES string of the molecule is Cn1cc(OC[C@@H](O)CO)c(=O)c2c(Nc3ccc(I)cc3F)cc(=O)n(C)c21. The Balaban J connectivity index is 2.21. The molecule has 29 heavy (non-hydrogen) atoms. The van der Waals surface area contributed by atoms with Crippen LogP contribution in [0.5, 0.6) is 5.75 Å². The van der Waals surface area contributed by atoms with Gasteiger partial charge in [-0.15, -0.1) is 0 Å². The molecule has 0 aliphatic carbocycles. The molecule has 0 saturated heterocycles. The molecule has 3 N–H and O–H groups in total. The number of fused-ring (bicyclic) bond motifs is 1. The first kappa shape index (κ1) is 21.3. The molecule has 0 fully saturated rings. The standard InChI is InChI=1S/C19H19FIN3O5/c1-23-7-15(29-9-11(26)8-25)18(28)17-14(6-16(27)24(2)19(17)23)22-13-4-3-10(21)5-12(13)20/h3-7,11,22,25-26H,8-9H2,1-2H3/t11-/m0/s1. The predicted molar refractivity (Wildman–Crippen MR) is 115 cm³/mol. The van der Waals surface area contributed by atoms with Gasteiger partial charge < -0.3 is 24.8 Å². The van der Waals surface area contributed by atoms with Gasteiger partial charge >= 0.3 is 0 Å². The fourth-order valence-electron chi connectivity index (χ4n) is 2.92. The summed E-state index contributed by atoms with van der Waals surface area (Å²) in [6.07, 6.45) is 0.248. The van der Waals surface area contributed by atoms with E-state index >= 15 is 0 Å². The van der Waals surface area contributed by atoms with Crippen molar-refractivity contribution in [1.29, 1.82) is 0 Å². The van der Waals surface area contributed by atoms with Gasteiger partial charge in [0.1, 0.15) is 24.2 Å². The lowest BCUT2D eigenvalue weighted by atomic mass is 10.2. The van der Waals surface area contributed by atoms with Crippen LogP contribution in [0.4, 0.5) is 15.8 Å². The molecule has 0 unspecified atom stereocenters. The maximum Gasteiger partial charge on any atom is 0.253 e. The van der Waals surface area contributed by atoms with Crippen molar-refractivity contribution in [2.24, 2.45) is 14.1 Å². The number of benzene rings is 1. The second kappa shape index (κ2) is 8.51. The highest BCUT2D eigenvalue weighted by Crippen LogP contribution is 2.26. The first-order valence-corrected chi connectivity index (χ1v) is 9.68. The van der Waals surface area contributed by atoms with Gasteiger partial charge in [-0.25, -0.2) is 4.39 Å². The topological polar surface area (TPSA) is 106 Å². The number of hydrogen-bond donors (Lipinski definition) is 3. The minimum absolute atomic E-state index is 0.0720. The maximum absolute atomic E-state index is 14.3. The number of aliphatic hydroxyl groups excluding tert-OH is 2. The number of pyridine rings is 2. The molecule has 8 nitrogen and oxygen atoms in total. The Morgan fingerprint density at radius 2 is 1.97 bits per heavy atom. The van der Waals surface area contributed by atoms with Gasteiger partial charge in [0.2, 0.25) is 5.43 Å². The van der Waals surface area contributed by atoms with Crippen LogP contribution in [0.2, 0.25) is 0 Å². The zero-order valence-electron chi connectivity index (χ0n) is 15.6. The summed E-state index contributed by atoms with van der Waals surface area (Å²) in [6.45, 7) is -0.793. The predicted octanol–water partition coefficient (Wildman–Crippen LogP) is 1.46. The van der Waals surface area contributed by atoms with Gasteiger partial charge in [-0.3, -0.25) is 14.2 Å². The number of nitrogens with zero attached hydrogens (tertiary/aromatic N) is 2. The molecule has 2 aromatic heterocycles. The third-order valence-corrected chi connectivity index (χ3v) is 5.02. The van der Waals surface area contributed by atoms with Crippen molar-refractivity contribution >= 4 is 45.0 Å². The van der Waals surface area contributed by atoms with Crippen LogP contribution in [0.25, 0.3) is 11.0 Å². The minimum atomic E-state index is -1.14. The molecule has 1 aromatic carbocycles. The van der Waals surface area contributed by atoms with Crippen LogP contribution < -0.4 is 21.0 Å². The first-order valence-electron chi connectivity index (χ1n) is 8.60. The smallest absolute Gasteiger partial charge is 0.253 e. The Hall–Kier alpha value is -2.44. The van der Waals surface area contributed by atoms with E-state index in [1.807, 2.05) is 22.6 Å². The third kappa shape index (κ3) is 4.28. The zero-order chi connectivity index (χ0) is 21.3. The van der Waals surface area contributed by atoms with Crippen LogP contribution in [-0.4, -0.2) is 38.7 Å². The number of nitrogens with one attached hydrogen (secondary N) is 1. The van der Waals surface area contributed by atoms with Crippen molar-refractivity contribution in [2.75, 3.05) is 18.5 Å². The molecule has 0 spiro atoms. The van der Waals surface area contributed by atoms with E-state index in [9.17, 15) is 19.1 Å². The van der Waals surface area contributed by atoms with E-state index < -0.39 is 24.0 Å². The molecule has 0 aliphatic rings. The molecule has 0 saturated carbocycles. The van der Waals surface area contributed by atoms with Crippen molar-refractivity contribution in [1.82, 2.24) is 9.13 Å². The van der Waals surface area contributed by atoms with Gasteiger partial charge in [0.05, 0.1) is 29.6 Å². The van der Waals surface area contributed by atoms with Gasteiger partial charge in [-0.2, -0.15) is 0 Å². The molecular weight excluding hydrogens is 496 g/mol. The Morgan fingerprint density at radius 1 is 1.24 bits per heavy atom. The lowest BCUT2D eigenvalue weighted by Gasteiger charge is -2.17. The van der Waals surface area contributed by atoms with Crippen molar-refractivity contribution in [3.63, 3.8) is 0 Å². The number of anilines is 2. The lowest BCUT2D eigenvalue weighted by Crippen LogP contribution is -2.26. The van der Waals surface area contributed by atoms with E-state index in [2.05, 4.69) is 5.32 Å². The van der Waals surface area contributed by atoms with E-state index in [1.165, 1.54) is 40.6 Å². The highest BCUT2D eigenvalue weighted by Gasteiger charge is 2.18. The summed E-state index contributed by atoms with van der Waals surface area (Å²) >= 11 is 1.98. The quantitative estimate of drug-likeness (QED) is 0.430. The average molecular weight is 515 g/mol. The molecule has 3 rings (SSSR count). The van der Waals surface area contributed by atoms with Crippen LogP contribution in [0.3, 0.4) is 0 Å². The summed E-state index contributed by atoms with van der Waals surface area (Å²) in [5.41, 5.74) is -0.357. The van der Waals surface area contributed by atoms with Gasteiger partial charge in [-0.1, -0.05) is 0 Å². The molecule has 154 valence electrons. The van der Waals surface area contributed by atoms with Crippen LogP contribution in [0.15, 0.2) is 40.1 Å². The van der Waals surface area contributed by atoms with E-state index in [0.717, 1.165) is 0 Å². The molecule has 1 atom stereocenters. The second-order valence-electron chi connectivity index (χ2n) is 6.48. The summed E-state index contributed by atoms with van der Waals surface area (Å²) in [5.74, 6) is -0.599. The molecule has 0 aliphatic heterocycles. The number of hydrogen-bond acceptors (Lipinski definition) is 6. The van der Waals surface area contributed by atoms with Gasteiger partial charge in [0.15, 0.2) is 5.75 Å². The molecule has 3 aromatic rings.